The van der Waals surface area contributed by atoms with Crippen LogP contribution in [0.15, 0.2) is 77.9 Å². The van der Waals surface area contributed by atoms with Gasteiger partial charge in [-0.15, -0.1) is 0 Å². The number of hydrogen-bond donors (Lipinski definition) is 2. The van der Waals surface area contributed by atoms with Crippen molar-refractivity contribution in [3.8, 4) is 17.6 Å². The fourth-order valence-corrected chi connectivity index (χ4v) is 5.46. The molecule has 0 aliphatic heterocycles. The SMILES string of the molecule is N#Cc1ccccc1COc1c(I)cc(C=NNC(=O)c2cc3ccccc3cc2O)cc1I. The van der Waals surface area contributed by atoms with Gasteiger partial charge in [0.15, 0.2) is 0 Å². The van der Waals surface area contributed by atoms with E-state index in [2.05, 4.69) is 61.8 Å². The zero-order valence-electron chi connectivity index (χ0n) is 17.6. The van der Waals surface area contributed by atoms with Crippen molar-refractivity contribution in [1.82, 2.24) is 5.43 Å². The second-order valence-electron chi connectivity index (χ2n) is 7.29. The third-order valence-electron chi connectivity index (χ3n) is 5.02. The lowest BCUT2D eigenvalue weighted by molar-refractivity contribution is 0.0952. The minimum atomic E-state index is -0.500. The molecule has 0 saturated heterocycles. The Hall–Kier alpha value is -3.17. The smallest absolute Gasteiger partial charge is 0.275 e. The Kier molecular flexibility index (Phi) is 7.64. The highest BCUT2D eigenvalue weighted by Crippen LogP contribution is 2.30. The molecule has 6 nitrogen and oxygen atoms in total. The van der Waals surface area contributed by atoms with Gasteiger partial charge in [0, 0.05) is 5.56 Å². The number of rotatable bonds is 6. The lowest BCUT2D eigenvalue weighted by atomic mass is 10.1. The monoisotopic (exact) mass is 673 g/mol. The van der Waals surface area contributed by atoms with Gasteiger partial charge < -0.3 is 9.84 Å². The quantitative estimate of drug-likeness (QED) is 0.150. The first-order chi connectivity index (χ1) is 16.5. The second kappa shape index (κ2) is 10.8. The van der Waals surface area contributed by atoms with Crippen LogP contribution >= 0.6 is 45.2 Å². The number of nitrogens with zero attached hydrogens (tertiary/aromatic N) is 2. The minimum Gasteiger partial charge on any atom is -0.507 e. The number of halogens is 2. The number of benzene rings is 4. The van der Waals surface area contributed by atoms with Gasteiger partial charge in [0.2, 0.25) is 0 Å². The Morgan fingerprint density at radius 1 is 1.03 bits per heavy atom. The summed E-state index contributed by atoms with van der Waals surface area (Å²) in [6.07, 6.45) is 1.54. The molecule has 0 heterocycles. The van der Waals surface area contributed by atoms with Gasteiger partial charge in [-0.05, 0) is 91.8 Å². The average molecular weight is 673 g/mol. The number of carbonyl (C=O) groups is 1. The summed E-state index contributed by atoms with van der Waals surface area (Å²) in [5.41, 5.74) is 4.81. The molecule has 8 heteroatoms. The van der Waals surface area contributed by atoms with Gasteiger partial charge in [-0.1, -0.05) is 42.5 Å². The number of hydrazone groups is 1. The van der Waals surface area contributed by atoms with Crippen LogP contribution in [0.4, 0.5) is 0 Å². The molecule has 34 heavy (non-hydrogen) atoms. The van der Waals surface area contributed by atoms with Crippen LogP contribution in [-0.4, -0.2) is 17.2 Å². The van der Waals surface area contributed by atoms with Crippen LogP contribution in [0.3, 0.4) is 0 Å². The van der Waals surface area contributed by atoms with E-state index in [0.29, 0.717) is 5.56 Å². The summed E-state index contributed by atoms with van der Waals surface area (Å²) < 4.78 is 7.74. The second-order valence-corrected chi connectivity index (χ2v) is 9.61. The molecular weight excluding hydrogens is 656 g/mol. The number of amides is 1. The van der Waals surface area contributed by atoms with Gasteiger partial charge in [0.1, 0.15) is 18.1 Å². The van der Waals surface area contributed by atoms with Crippen LogP contribution in [0.2, 0.25) is 0 Å². The normalized spacial score (nSPS) is 10.9. The van der Waals surface area contributed by atoms with Crippen molar-refractivity contribution >= 4 is 68.1 Å². The number of phenolic OH excluding ortho intramolecular Hbond substituents is 1. The van der Waals surface area contributed by atoms with Crippen LogP contribution in [0.5, 0.6) is 11.5 Å². The van der Waals surface area contributed by atoms with Gasteiger partial charge in [-0.25, -0.2) is 5.43 Å². The standard InChI is InChI=1S/C26H17I2N3O3/c27-22-9-16(10-23(28)25(22)34-15-20-8-4-3-7-19(20)13-29)14-30-31-26(33)21-11-17-5-1-2-6-18(17)12-24(21)32/h1-12,14,32H,15H2,(H,31,33). The molecule has 1 amide bonds. The van der Waals surface area contributed by atoms with E-state index < -0.39 is 5.91 Å². The molecule has 0 spiro atoms. The fraction of sp³-hybridized carbons (Fsp3) is 0.0385. The Labute approximate surface area is 223 Å². The summed E-state index contributed by atoms with van der Waals surface area (Å²) in [4.78, 5) is 12.5. The number of phenols is 1. The van der Waals surface area contributed by atoms with Gasteiger partial charge in [0.25, 0.3) is 5.91 Å². The van der Waals surface area contributed by atoms with Crippen molar-refractivity contribution in [2.45, 2.75) is 6.61 Å². The van der Waals surface area contributed by atoms with Gasteiger partial charge >= 0.3 is 0 Å². The molecule has 0 unspecified atom stereocenters. The van der Waals surface area contributed by atoms with Crippen molar-refractivity contribution in [1.29, 1.82) is 5.26 Å². The topological polar surface area (TPSA) is 94.7 Å². The first kappa shape index (κ1) is 24.0. The number of hydrogen-bond acceptors (Lipinski definition) is 5. The lowest BCUT2D eigenvalue weighted by Crippen LogP contribution is -2.17. The summed E-state index contributed by atoms with van der Waals surface area (Å²) in [6, 6.07) is 24.0. The van der Waals surface area contributed by atoms with E-state index in [1.165, 1.54) is 6.21 Å². The molecule has 4 rings (SSSR count). The zero-order valence-corrected chi connectivity index (χ0v) is 21.9. The zero-order chi connectivity index (χ0) is 24.1. The molecule has 0 fully saturated rings. The van der Waals surface area contributed by atoms with Crippen molar-refractivity contribution in [2.24, 2.45) is 5.10 Å². The number of carbonyl (C=O) groups excluding carboxylic acids is 1. The molecule has 4 aromatic carbocycles. The van der Waals surface area contributed by atoms with E-state index in [9.17, 15) is 15.2 Å². The predicted molar refractivity (Wildman–Crippen MR) is 148 cm³/mol. The van der Waals surface area contributed by atoms with E-state index in [1.807, 2.05) is 54.6 Å². The average Bonchev–Trinajstić information content (AvgIpc) is 2.83. The number of ether oxygens (including phenoxy) is 1. The van der Waals surface area contributed by atoms with Gasteiger partial charge in [0.05, 0.1) is 30.6 Å². The molecule has 0 radical (unpaired) electrons. The van der Waals surface area contributed by atoms with Crippen LogP contribution in [0.1, 0.15) is 27.0 Å². The Morgan fingerprint density at radius 2 is 1.68 bits per heavy atom. The molecular formula is C26H17I2N3O3. The van der Waals surface area contributed by atoms with E-state index in [0.717, 1.165) is 34.8 Å². The molecule has 0 aliphatic rings. The van der Waals surface area contributed by atoms with Crippen molar-refractivity contribution in [3.63, 3.8) is 0 Å². The van der Waals surface area contributed by atoms with E-state index in [4.69, 9.17) is 4.74 Å². The molecule has 0 saturated carbocycles. The van der Waals surface area contributed by atoms with E-state index >= 15 is 0 Å². The van der Waals surface area contributed by atoms with Crippen molar-refractivity contribution in [2.75, 3.05) is 0 Å². The lowest BCUT2D eigenvalue weighted by Gasteiger charge is -2.12. The highest BCUT2D eigenvalue weighted by atomic mass is 127. The van der Waals surface area contributed by atoms with Crippen molar-refractivity contribution < 1.29 is 14.6 Å². The molecule has 2 N–H and O–H groups in total. The third-order valence-corrected chi connectivity index (χ3v) is 6.62. The summed E-state index contributed by atoms with van der Waals surface area (Å²) in [5, 5.41) is 25.2. The maximum absolute atomic E-state index is 12.5. The van der Waals surface area contributed by atoms with E-state index in [-0.39, 0.29) is 17.9 Å². The maximum atomic E-state index is 12.5. The van der Waals surface area contributed by atoms with Crippen LogP contribution in [0, 0.1) is 18.5 Å². The number of fused-ring (bicyclic) bond motifs is 1. The highest BCUT2D eigenvalue weighted by molar-refractivity contribution is 14.1. The fourth-order valence-electron chi connectivity index (χ4n) is 3.33. The van der Waals surface area contributed by atoms with Crippen LogP contribution < -0.4 is 10.2 Å². The van der Waals surface area contributed by atoms with Crippen LogP contribution in [0.25, 0.3) is 10.8 Å². The summed E-state index contributed by atoms with van der Waals surface area (Å²) in [7, 11) is 0. The minimum absolute atomic E-state index is 0.102. The van der Waals surface area contributed by atoms with Gasteiger partial charge in [-0.2, -0.15) is 10.4 Å². The number of aromatic hydroxyl groups is 1. The van der Waals surface area contributed by atoms with Gasteiger partial charge in [-0.3, -0.25) is 4.79 Å². The number of nitriles is 1. The molecule has 0 bridgehead atoms. The summed E-state index contributed by atoms with van der Waals surface area (Å²) in [5.74, 6) is 0.117. The van der Waals surface area contributed by atoms with E-state index in [1.54, 1.807) is 18.2 Å². The third kappa shape index (κ3) is 5.48. The maximum Gasteiger partial charge on any atom is 0.275 e. The molecule has 0 atom stereocenters. The molecule has 168 valence electrons. The Bertz CT molecular complexity index is 1440. The first-order valence-corrected chi connectivity index (χ1v) is 12.3. The van der Waals surface area contributed by atoms with Crippen LogP contribution in [-0.2, 0) is 6.61 Å². The molecule has 0 aromatic heterocycles. The Balaban J connectivity index is 1.45. The molecule has 0 aliphatic carbocycles. The van der Waals surface area contributed by atoms with Crippen molar-refractivity contribution in [3.05, 3.63) is 102 Å². The highest BCUT2D eigenvalue weighted by Gasteiger charge is 2.13. The Morgan fingerprint density at radius 3 is 2.38 bits per heavy atom. The first-order valence-electron chi connectivity index (χ1n) is 10.1. The largest absolute Gasteiger partial charge is 0.507 e. The summed E-state index contributed by atoms with van der Waals surface area (Å²) >= 11 is 4.36. The molecule has 4 aromatic rings. The predicted octanol–water partition coefficient (Wildman–Crippen LogP) is 5.97. The number of nitrogens with one attached hydrogen (secondary N) is 1. The summed E-state index contributed by atoms with van der Waals surface area (Å²) in [6.45, 7) is 0.286.